The molecule has 4 aromatic heterocycles. The van der Waals surface area contributed by atoms with Gasteiger partial charge in [-0.1, -0.05) is 24.3 Å². The van der Waals surface area contributed by atoms with Crippen LogP contribution < -0.4 is 21.7 Å². The van der Waals surface area contributed by atoms with Crippen molar-refractivity contribution in [3.05, 3.63) is 88.4 Å². The van der Waals surface area contributed by atoms with Crippen molar-refractivity contribution < 1.29 is 24.2 Å². The van der Waals surface area contributed by atoms with Crippen LogP contribution in [0.1, 0.15) is 71.2 Å². The van der Waals surface area contributed by atoms with Gasteiger partial charge in [-0.25, -0.2) is 19.9 Å². The molecule has 2 aromatic carbocycles. The van der Waals surface area contributed by atoms with Gasteiger partial charge in [0.2, 0.25) is 5.95 Å². The molecule has 14 nitrogen and oxygen atoms in total. The molecule has 2 aliphatic rings. The number of nitrogens with one attached hydrogen (secondary N) is 5. The van der Waals surface area contributed by atoms with Gasteiger partial charge in [-0.15, -0.1) is 0 Å². The number of fused-ring (bicyclic) bond motifs is 4. The number of aliphatic hydroxyl groups excluding tert-OH is 2. The number of amides is 2. The number of hydrogen-bond acceptors (Lipinski definition) is 10. The molecule has 55 heavy (non-hydrogen) atoms. The van der Waals surface area contributed by atoms with Gasteiger partial charge in [-0.3, -0.25) is 9.59 Å². The summed E-state index contributed by atoms with van der Waals surface area (Å²) in [4.78, 5) is 48.3. The van der Waals surface area contributed by atoms with Gasteiger partial charge in [-0.2, -0.15) is 4.39 Å². The van der Waals surface area contributed by atoms with E-state index in [0.717, 1.165) is 63.5 Å². The van der Waals surface area contributed by atoms with Gasteiger partial charge >= 0.3 is 0 Å². The summed E-state index contributed by atoms with van der Waals surface area (Å²) in [6.07, 6.45) is 1.54. The number of aryl methyl sites for hydroxylation is 2. The number of para-hydroxylation sites is 2. The van der Waals surface area contributed by atoms with Crippen LogP contribution >= 0.6 is 0 Å². The van der Waals surface area contributed by atoms with Crippen molar-refractivity contribution in [3.8, 4) is 22.5 Å². The van der Waals surface area contributed by atoms with Crippen molar-refractivity contribution in [2.75, 3.05) is 31.6 Å². The molecule has 6 aromatic rings. The quantitative estimate of drug-likeness (QED) is 0.119. The minimum Gasteiger partial charge on any atom is -0.394 e. The number of nitrogens with two attached hydrogens (primary N) is 1. The molecule has 9 N–H and O–H groups in total. The number of rotatable bonds is 6. The first-order chi connectivity index (χ1) is 26.1. The highest BCUT2D eigenvalue weighted by Crippen LogP contribution is 2.32. The summed E-state index contributed by atoms with van der Waals surface area (Å²) in [6.45, 7) is 12.1. The Morgan fingerprint density at radius 1 is 0.727 bits per heavy atom. The Hall–Kier alpha value is -5.77. The molecular formula is C40H47FN10O4. The van der Waals surface area contributed by atoms with Crippen LogP contribution in [0.2, 0.25) is 0 Å². The molecule has 15 heteroatoms. The number of halogens is 1. The molecule has 2 aliphatic heterocycles. The van der Waals surface area contributed by atoms with Crippen LogP contribution in [0.5, 0.6) is 0 Å². The number of anilines is 1. The lowest BCUT2D eigenvalue weighted by molar-refractivity contribution is 0.0937. The summed E-state index contributed by atoms with van der Waals surface area (Å²) in [6, 6.07) is 15.0. The number of nitrogens with zero attached hydrogens (tertiary/aromatic N) is 4. The van der Waals surface area contributed by atoms with Crippen molar-refractivity contribution in [1.82, 2.24) is 40.5 Å². The van der Waals surface area contributed by atoms with E-state index in [0.29, 0.717) is 41.1 Å². The molecule has 2 amide bonds. The zero-order chi connectivity index (χ0) is 39.7. The second kappa shape index (κ2) is 15.5. The maximum Gasteiger partial charge on any atom is 0.253 e. The summed E-state index contributed by atoms with van der Waals surface area (Å²) in [5, 5.41) is 26.8. The van der Waals surface area contributed by atoms with E-state index >= 15 is 0 Å². The third-order valence-corrected chi connectivity index (χ3v) is 9.13. The zero-order valence-corrected chi connectivity index (χ0v) is 31.8. The molecule has 0 radical (unpaired) electrons. The third kappa shape index (κ3) is 8.64. The van der Waals surface area contributed by atoms with Crippen LogP contribution in [0.15, 0.2) is 48.5 Å². The van der Waals surface area contributed by atoms with Gasteiger partial charge in [0.25, 0.3) is 11.8 Å². The maximum atomic E-state index is 13.8. The predicted molar refractivity (Wildman–Crippen MR) is 210 cm³/mol. The highest BCUT2D eigenvalue weighted by Gasteiger charge is 2.24. The fraction of sp³-hybridized carbons (Fsp3) is 0.350. The van der Waals surface area contributed by atoms with Gasteiger partial charge < -0.3 is 41.9 Å². The van der Waals surface area contributed by atoms with Crippen LogP contribution in [0, 0.1) is 19.8 Å². The molecule has 0 aliphatic carbocycles. The molecule has 8 rings (SSSR count). The second-order valence-corrected chi connectivity index (χ2v) is 15.1. The number of aliphatic hydroxyl groups is 2. The Balaban J connectivity index is 0.000000166. The van der Waals surface area contributed by atoms with Crippen LogP contribution in [0.4, 0.5) is 10.2 Å². The van der Waals surface area contributed by atoms with E-state index in [9.17, 15) is 19.1 Å². The molecule has 6 heterocycles. The maximum absolute atomic E-state index is 13.8. The standard InChI is InChI=1S/C20H23N5O2.C16H13FN4O.C4H11NO/c1-11-18(25-20(2,3)10-26)24-17-12(5-4-6-15(17)22-11)16-9-13-14(23-16)7-8-21-19(13)27;1-8-15(17)21-14-9(3-2-4-12(14)19-8)13-7-10-11(20-13)5-6-18-16(10)22;1-4(2,5)3-6/h4-6,9,23,26H,7-8,10H2,1-3H3,(H,21,27)(H,24,25);2-4,7,20H,5-6H2,1H3,(H,18,22);6H,3,5H2,1-2H3. The van der Waals surface area contributed by atoms with Crippen LogP contribution in [0.25, 0.3) is 44.6 Å². The lowest BCUT2D eigenvalue weighted by Gasteiger charge is -2.25. The topological polar surface area (TPSA) is 220 Å². The van der Waals surface area contributed by atoms with Gasteiger partial charge in [0.15, 0.2) is 0 Å². The molecular weight excluding hydrogens is 704 g/mol. The normalized spacial score (nSPS) is 13.9. The van der Waals surface area contributed by atoms with Crippen molar-refractivity contribution in [2.45, 2.75) is 65.5 Å². The summed E-state index contributed by atoms with van der Waals surface area (Å²) < 4.78 is 13.8. The zero-order valence-electron chi connectivity index (χ0n) is 31.8. The smallest absolute Gasteiger partial charge is 0.253 e. The monoisotopic (exact) mass is 750 g/mol. The number of hydrogen-bond donors (Lipinski definition) is 8. The highest BCUT2D eigenvalue weighted by atomic mass is 19.1. The SMILES string of the molecule is CC(C)(N)CO.Cc1nc2cccc(-c3cc4c([nH]3)CCNC4=O)c2nc1F.Cc1nc2cccc(-c3cc4c([nH]3)CCNC4=O)c2nc1NC(C)(C)CO. The fourth-order valence-electron chi connectivity index (χ4n) is 6.10. The van der Waals surface area contributed by atoms with E-state index in [1.54, 1.807) is 32.9 Å². The van der Waals surface area contributed by atoms with Crippen molar-refractivity contribution in [1.29, 1.82) is 0 Å². The number of benzene rings is 2. The first-order valence-corrected chi connectivity index (χ1v) is 18.1. The Labute approximate surface area is 317 Å². The van der Waals surface area contributed by atoms with E-state index < -0.39 is 17.0 Å². The van der Waals surface area contributed by atoms with Crippen LogP contribution in [0.3, 0.4) is 0 Å². The van der Waals surface area contributed by atoms with E-state index in [1.807, 2.05) is 57.2 Å². The van der Waals surface area contributed by atoms with E-state index in [1.165, 1.54) is 0 Å². The Kier molecular flexibility index (Phi) is 11.0. The predicted octanol–water partition coefficient (Wildman–Crippen LogP) is 4.48. The molecule has 0 bridgehead atoms. The van der Waals surface area contributed by atoms with Crippen molar-refractivity contribution in [2.24, 2.45) is 5.73 Å². The minimum absolute atomic E-state index is 0.0216. The third-order valence-electron chi connectivity index (χ3n) is 9.13. The molecule has 0 spiro atoms. The number of H-pyrrole nitrogens is 2. The van der Waals surface area contributed by atoms with E-state index in [4.69, 9.17) is 15.8 Å². The Bertz CT molecular complexity index is 2400. The molecule has 0 atom stereocenters. The van der Waals surface area contributed by atoms with Crippen molar-refractivity contribution >= 4 is 39.7 Å². The average molecular weight is 751 g/mol. The largest absolute Gasteiger partial charge is 0.394 e. The number of aromatic nitrogens is 6. The lowest BCUT2D eigenvalue weighted by Crippen LogP contribution is -2.35. The number of carbonyl (C=O) groups excluding carboxylic acids is 2. The van der Waals surface area contributed by atoms with E-state index in [2.05, 4.69) is 40.9 Å². The lowest BCUT2D eigenvalue weighted by atomic mass is 10.1. The summed E-state index contributed by atoms with van der Waals surface area (Å²) in [5.74, 6) is -0.0675. The Morgan fingerprint density at radius 3 is 1.65 bits per heavy atom. The number of aromatic amines is 2. The van der Waals surface area contributed by atoms with Gasteiger partial charge in [0.1, 0.15) is 16.9 Å². The van der Waals surface area contributed by atoms with Gasteiger partial charge in [0, 0.05) is 65.4 Å². The van der Waals surface area contributed by atoms with Crippen LogP contribution in [-0.4, -0.2) is 89.3 Å². The van der Waals surface area contributed by atoms with E-state index in [-0.39, 0.29) is 30.7 Å². The van der Waals surface area contributed by atoms with Crippen LogP contribution in [-0.2, 0) is 12.8 Å². The molecule has 0 saturated carbocycles. The summed E-state index contributed by atoms with van der Waals surface area (Å²) in [7, 11) is 0. The summed E-state index contributed by atoms with van der Waals surface area (Å²) >= 11 is 0. The van der Waals surface area contributed by atoms with Gasteiger partial charge in [-0.05, 0) is 65.8 Å². The molecule has 0 unspecified atom stereocenters. The van der Waals surface area contributed by atoms with Crippen molar-refractivity contribution in [3.63, 3.8) is 0 Å². The Morgan fingerprint density at radius 2 is 1.20 bits per heavy atom. The first kappa shape index (κ1) is 38.9. The average Bonchev–Trinajstić information content (AvgIpc) is 3.79. The molecule has 0 saturated heterocycles. The minimum atomic E-state index is -0.575. The fourth-order valence-corrected chi connectivity index (χ4v) is 6.10. The highest BCUT2D eigenvalue weighted by molar-refractivity contribution is 6.00. The first-order valence-electron chi connectivity index (χ1n) is 18.1. The number of carbonyl (C=O) groups is 2. The molecule has 0 fully saturated rings. The van der Waals surface area contributed by atoms with Gasteiger partial charge in [0.05, 0.1) is 52.3 Å². The summed E-state index contributed by atoms with van der Waals surface area (Å²) in [5.41, 5.74) is 14.5. The molecule has 288 valence electrons. The second-order valence-electron chi connectivity index (χ2n) is 15.1.